The highest BCUT2D eigenvalue weighted by Crippen LogP contribution is 2.29. The smallest absolute Gasteiger partial charge is 0.308 e. The van der Waals surface area contributed by atoms with Crippen LogP contribution in [0.3, 0.4) is 0 Å². The number of para-hydroxylation sites is 2. The van der Waals surface area contributed by atoms with E-state index in [9.17, 15) is 4.79 Å². The third-order valence-electron chi connectivity index (χ3n) is 5.72. The fourth-order valence-corrected chi connectivity index (χ4v) is 4.04. The lowest BCUT2D eigenvalue weighted by molar-refractivity contribution is -0.130. The number of carbonyl (C=O) groups is 1. The summed E-state index contributed by atoms with van der Waals surface area (Å²) in [5.41, 5.74) is 4.42. The highest BCUT2D eigenvalue weighted by Gasteiger charge is 2.20. The summed E-state index contributed by atoms with van der Waals surface area (Å²) in [6, 6.07) is 25.6. The van der Waals surface area contributed by atoms with E-state index in [0.717, 1.165) is 22.2 Å². The Labute approximate surface area is 202 Å². The van der Waals surface area contributed by atoms with Gasteiger partial charge in [-0.15, -0.1) is 0 Å². The lowest BCUT2D eigenvalue weighted by Crippen LogP contribution is -2.26. The monoisotopic (exact) mass is 470 g/mol. The van der Waals surface area contributed by atoms with Crippen LogP contribution < -0.4 is 0 Å². The van der Waals surface area contributed by atoms with Gasteiger partial charge in [-0.1, -0.05) is 66.2 Å². The molecule has 0 spiro atoms. The summed E-state index contributed by atoms with van der Waals surface area (Å²) in [5.74, 6) is 0.688. The molecule has 2 aromatic heterocycles. The molecule has 0 unspecified atom stereocenters. The van der Waals surface area contributed by atoms with Gasteiger partial charge in [0.15, 0.2) is 0 Å². The second-order valence-corrected chi connectivity index (χ2v) is 8.55. The Hall–Kier alpha value is -3.90. The molecule has 0 fully saturated rings. The summed E-state index contributed by atoms with van der Waals surface area (Å²) in [5, 5.41) is 0.646. The molecular formula is C27H23ClN4O2. The number of hydrogen-bond donors (Lipinski definition) is 0. The molecule has 0 atom stereocenters. The SMILES string of the molecule is CN(Cc1ccccc1)C(=O)CCc1oc(-n2cnc3ccccc32)nc1-c1ccc(Cl)cc1. The summed E-state index contributed by atoms with van der Waals surface area (Å²) in [4.78, 5) is 23.8. The summed E-state index contributed by atoms with van der Waals surface area (Å²) in [7, 11) is 1.82. The molecule has 0 N–H and O–H groups in total. The molecule has 0 aliphatic carbocycles. The first-order valence-corrected chi connectivity index (χ1v) is 11.4. The number of aryl methyl sites for hydroxylation is 1. The molecule has 2 heterocycles. The molecule has 5 aromatic rings. The Balaban J connectivity index is 1.42. The van der Waals surface area contributed by atoms with Crippen LogP contribution >= 0.6 is 11.6 Å². The van der Waals surface area contributed by atoms with Crippen LogP contribution in [-0.2, 0) is 17.8 Å². The van der Waals surface area contributed by atoms with Gasteiger partial charge in [0.2, 0.25) is 5.91 Å². The highest BCUT2D eigenvalue weighted by molar-refractivity contribution is 6.30. The van der Waals surface area contributed by atoms with Gasteiger partial charge in [0, 0.05) is 37.0 Å². The van der Waals surface area contributed by atoms with Crippen molar-refractivity contribution in [2.24, 2.45) is 0 Å². The van der Waals surface area contributed by atoms with Crippen molar-refractivity contribution < 1.29 is 9.21 Å². The van der Waals surface area contributed by atoms with Crippen LogP contribution in [0.4, 0.5) is 0 Å². The minimum Gasteiger partial charge on any atom is -0.427 e. The van der Waals surface area contributed by atoms with E-state index < -0.39 is 0 Å². The number of aromatic nitrogens is 3. The summed E-state index contributed by atoms with van der Waals surface area (Å²) < 4.78 is 8.03. The number of hydrogen-bond acceptors (Lipinski definition) is 4. The second-order valence-electron chi connectivity index (χ2n) is 8.11. The maximum absolute atomic E-state index is 12.9. The molecule has 1 amide bonds. The number of benzene rings is 3. The van der Waals surface area contributed by atoms with Crippen molar-refractivity contribution in [1.82, 2.24) is 19.4 Å². The number of nitrogens with zero attached hydrogens (tertiary/aromatic N) is 4. The predicted octanol–water partition coefficient (Wildman–Crippen LogP) is 5.93. The zero-order valence-electron chi connectivity index (χ0n) is 18.7. The number of oxazole rings is 1. The van der Waals surface area contributed by atoms with E-state index in [-0.39, 0.29) is 5.91 Å². The summed E-state index contributed by atoms with van der Waals surface area (Å²) in [6.45, 7) is 0.562. The number of amides is 1. The maximum atomic E-state index is 12.9. The standard InChI is InChI=1S/C27H23ClN4O2/c1-31(17-19-7-3-2-4-8-19)25(33)16-15-24-26(20-11-13-21(28)14-12-20)30-27(34-24)32-18-29-22-9-5-6-10-23(22)32/h2-14,18H,15-17H2,1H3. The third kappa shape index (κ3) is 4.58. The lowest BCUT2D eigenvalue weighted by Gasteiger charge is -2.17. The van der Waals surface area contributed by atoms with Crippen molar-refractivity contribution in [3.8, 4) is 17.3 Å². The predicted molar refractivity (Wildman–Crippen MR) is 133 cm³/mol. The zero-order valence-corrected chi connectivity index (χ0v) is 19.4. The molecule has 34 heavy (non-hydrogen) atoms. The van der Waals surface area contributed by atoms with Crippen molar-refractivity contribution >= 4 is 28.5 Å². The number of carbonyl (C=O) groups excluding carboxylic acids is 1. The van der Waals surface area contributed by atoms with Crippen LogP contribution in [-0.4, -0.2) is 32.4 Å². The molecule has 0 aliphatic rings. The average molecular weight is 471 g/mol. The Kier molecular flexibility index (Phi) is 6.14. The molecule has 0 bridgehead atoms. The van der Waals surface area contributed by atoms with Gasteiger partial charge in [-0.3, -0.25) is 9.36 Å². The quantitative estimate of drug-likeness (QED) is 0.296. The number of halogens is 1. The first-order valence-electron chi connectivity index (χ1n) is 11.0. The minimum absolute atomic E-state index is 0.0388. The Morgan fingerprint density at radius 2 is 1.74 bits per heavy atom. The van der Waals surface area contributed by atoms with Gasteiger partial charge in [-0.25, -0.2) is 4.98 Å². The van der Waals surface area contributed by atoms with Crippen LogP contribution in [0.15, 0.2) is 89.6 Å². The van der Waals surface area contributed by atoms with Crippen molar-refractivity contribution in [2.45, 2.75) is 19.4 Å². The summed E-state index contributed by atoms with van der Waals surface area (Å²) >= 11 is 6.09. The molecule has 0 radical (unpaired) electrons. The van der Waals surface area contributed by atoms with Crippen LogP contribution in [0.2, 0.25) is 5.02 Å². The topological polar surface area (TPSA) is 64.2 Å². The Morgan fingerprint density at radius 1 is 1.00 bits per heavy atom. The van der Waals surface area contributed by atoms with E-state index >= 15 is 0 Å². The molecule has 5 rings (SSSR count). The molecule has 0 saturated carbocycles. The van der Waals surface area contributed by atoms with E-state index in [2.05, 4.69) is 4.98 Å². The summed E-state index contributed by atoms with van der Waals surface area (Å²) in [6.07, 6.45) is 2.43. The van der Waals surface area contributed by atoms with Crippen LogP contribution in [0, 0.1) is 0 Å². The zero-order chi connectivity index (χ0) is 23.5. The molecule has 170 valence electrons. The van der Waals surface area contributed by atoms with Gasteiger partial charge in [0.05, 0.1) is 11.0 Å². The average Bonchev–Trinajstić information content (AvgIpc) is 3.48. The molecule has 3 aromatic carbocycles. The molecule has 0 saturated heterocycles. The molecular weight excluding hydrogens is 448 g/mol. The van der Waals surface area contributed by atoms with E-state index in [4.69, 9.17) is 21.0 Å². The van der Waals surface area contributed by atoms with E-state index in [1.54, 1.807) is 11.2 Å². The van der Waals surface area contributed by atoms with Gasteiger partial charge in [-0.2, -0.15) is 4.98 Å². The first-order chi connectivity index (χ1) is 16.6. The largest absolute Gasteiger partial charge is 0.427 e. The third-order valence-corrected chi connectivity index (χ3v) is 5.97. The molecule has 0 aliphatic heterocycles. The Bertz CT molecular complexity index is 1420. The van der Waals surface area contributed by atoms with Crippen LogP contribution in [0.5, 0.6) is 0 Å². The van der Waals surface area contributed by atoms with Gasteiger partial charge in [0.1, 0.15) is 17.8 Å². The van der Waals surface area contributed by atoms with Crippen molar-refractivity contribution in [3.05, 3.63) is 102 Å². The van der Waals surface area contributed by atoms with E-state index in [1.807, 2.05) is 90.5 Å². The lowest BCUT2D eigenvalue weighted by atomic mass is 10.1. The van der Waals surface area contributed by atoms with Gasteiger partial charge >= 0.3 is 6.01 Å². The highest BCUT2D eigenvalue weighted by atomic mass is 35.5. The van der Waals surface area contributed by atoms with E-state index in [0.29, 0.717) is 41.9 Å². The fourth-order valence-electron chi connectivity index (χ4n) is 3.91. The van der Waals surface area contributed by atoms with Gasteiger partial charge < -0.3 is 9.32 Å². The second kappa shape index (κ2) is 9.53. The molecule has 7 heteroatoms. The Morgan fingerprint density at radius 3 is 2.53 bits per heavy atom. The van der Waals surface area contributed by atoms with Crippen LogP contribution in [0.1, 0.15) is 17.7 Å². The molecule has 6 nitrogen and oxygen atoms in total. The minimum atomic E-state index is 0.0388. The normalized spacial score (nSPS) is 11.1. The van der Waals surface area contributed by atoms with Crippen molar-refractivity contribution in [3.63, 3.8) is 0 Å². The van der Waals surface area contributed by atoms with Crippen molar-refractivity contribution in [1.29, 1.82) is 0 Å². The van der Waals surface area contributed by atoms with Crippen LogP contribution in [0.25, 0.3) is 28.3 Å². The number of fused-ring (bicyclic) bond motifs is 1. The first kappa shape index (κ1) is 21.9. The number of rotatable bonds is 7. The maximum Gasteiger partial charge on any atom is 0.308 e. The van der Waals surface area contributed by atoms with Gasteiger partial charge in [0.25, 0.3) is 0 Å². The van der Waals surface area contributed by atoms with Crippen molar-refractivity contribution in [2.75, 3.05) is 7.05 Å². The van der Waals surface area contributed by atoms with Gasteiger partial charge in [-0.05, 0) is 29.8 Å². The number of imidazole rings is 1. The van der Waals surface area contributed by atoms with E-state index in [1.165, 1.54) is 0 Å². The fraction of sp³-hybridized carbons (Fsp3) is 0.148.